The fourth-order valence-electron chi connectivity index (χ4n) is 9.40. The molecule has 194 valence electrons. The Kier molecular flexibility index (Phi) is 5.25. The molecule has 2 amide bonds. The summed E-state index contributed by atoms with van der Waals surface area (Å²) in [6.45, 7) is 16.2. The highest BCUT2D eigenvalue weighted by molar-refractivity contribution is 5.99. The summed E-state index contributed by atoms with van der Waals surface area (Å²) in [7, 11) is 0. The minimum absolute atomic E-state index is 0.00622. The van der Waals surface area contributed by atoms with E-state index >= 15 is 0 Å². The number of allylic oxidation sites excluding steroid dienone is 1. The number of benzene rings is 1. The van der Waals surface area contributed by atoms with Crippen LogP contribution in [0, 0.1) is 28.6 Å². The molecule has 0 radical (unpaired) electrons. The molecule has 2 saturated heterocycles. The van der Waals surface area contributed by atoms with Crippen LogP contribution >= 0.6 is 0 Å². The second kappa shape index (κ2) is 7.85. The zero-order valence-corrected chi connectivity index (χ0v) is 22.7. The number of anilines is 1. The minimum atomic E-state index is -0.458. The highest BCUT2D eigenvalue weighted by Gasteiger charge is 2.65. The largest absolute Gasteiger partial charge is 0.364 e. The van der Waals surface area contributed by atoms with Gasteiger partial charge in [-0.2, -0.15) is 0 Å². The number of nitrogens with one attached hydrogen (secondary N) is 2. The van der Waals surface area contributed by atoms with Crippen molar-refractivity contribution in [1.82, 2.24) is 10.2 Å². The number of rotatable bonds is 3. The molecule has 5 heteroatoms. The van der Waals surface area contributed by atoms with Gasteiger partial charge in [-0.15, -0.1) is 0 Å². The molecule has 0 bridgehead atoms. The molecule has 2 saturated carbocycles. The first kappa shape index (κ1) is 24.1. The Hall–Kier alpha value is -2.30. The number of nitrogens with zero attached hydrogens (tertiary/aromatic N) is 1. The van der Waals surface area contributed by atoms with Crippen molar-refractivity contribution < 1.29 is 9.59 Å². The van der Waals surface area contributed by atoms with Crippen LogP contribution in [0.15, 0.2) is 36.4 Å². The lowest BCUT2D eigenvalue weighted by atomic mass is 9.46. The highest BCUT2D eigenvalue weighted by atomic mass is 16.2. The lowest BCUT2D eigenvalue weighted by Crippen LogP contribution is -2.65. The van der Waals surface area contributed by atoms with Crippen molar-refractivity contribution in [3.63, 3.8) is 0 Å². The van der Waals surface area contributed by atoms with Crippen LogP contribution in [0.3, 0.4) is 0 Å². The predicted molar refractivity (Wildman–Crippen MR) is 143 cm³/mol. The molecule has 5 nitrogen and oxygen atoms in total. The average Bonchev–Trinajstić information content (AvgIpc) is 3.29. The van der Waals surface area contributed by atoms with Gasteiger partial charge < -0.3 is 15.5 Å². The first-order chi connectivity index (χ1) is 17.0. The van der Waals surface area contributed by atoms with E-state index in [-0.39, 0.29) is 34.7 Å². The van der Waals surface area contributed by atoms with Crippen molar-refractivity contribution in [3.8, 4) is 0 Å². The maximum Gasteiger partial charge on any atom is 0.247 e. The van der Waals surface area contributed by atoms with Crippen LogP contribution in [0.4, 0.5) is 5.69 Å². The van der Waals surface area contributed by atoms with Gasteiger partial charge in [0.15, 0.2) is 0 Å². The lowest BCUT2D eigenvalue weighted by Gasteiger charge is -2.59. The Morgan fingerprint density at radius 2 is 1.86 bits per heavy atom. The highest BCUT2D eigenvalue weighted by Crippen LogP contribution is 2.65. The number of carbonyl (C=O) groups excluding carboxylic acids is 2. The Morgan fingerprint density at radius 3 is 2.61 bits per heavy atom. The molecule has 7 atom stereocenters. The monoisotopic (exact) mass is 489 g/mol. The van der Waals surface area contributed by atoms with Gasteiger partial charge in [0.1, 0.15) is 18.2 Å². The van der Waals surface area contributed by atoms with E-state index in [1.165, 1.54) is 36.8 Å². The van der Waals surface area contributed by atoms with Crippen molar-refractivity contribution >= 4 is 17.5 Å². The number of fused-ring (bicyclic) bond motifs is 6. The number of carbonyl (C=O) groups is 2. The molecule has 1 aromatic rings. The molecule has 6 rings (SSSR count). The van der Waals surface area contributed by atoms with Gasteiger partial charge in [-0.05, 0) is 78.7 Å². The molecule has 2 aliphatic carbocycles. The maximum atomic E-state index is 13.8. The van der Waals surface area contributed by atoms with Gasteiger partial charge in [0.2, 0.25) is 11.8 Å². The Bertz CT molecular complexity index is 1120. The van der Waals surface area contributed by atoms with E-state index in [1.54, 1.807) is 0 Å². The van der Waals surface area contributed by atoms with Gasteiger partial charge in [-0.3, -0.25) is 9.59 Å². The van der Waals surface area contributed by atoms with Crippen molar-refractivity contribution in [3.05, 3.63) is 42.0 Å². The topological polar surface area (TPSA) is 61.4 Å². The number of para-hydroxylation sites is 1. The number of amides is 2. The van der Waals surface area contributed by atoms with Gasteiger partial charge in [-0.1, -0.05) is 71.4 Å². The first-order valence-corrected chi connectivity index (χ1v) is 14.2. The fourth-order valence-corrected chi connectivity index (χ4v) is 9.40. The van der Waals surface area contributed by atoms with E-state index in [0.717, 1.165) is 18.5 Å². The van der Waals surface area contributed by atoms with E-state index in [4.69, 9.17) is 0 Å². The zero-order chi connectivity index (χ0) is 25.6. The van der Waals surface area contributed by atoms with Crippen LogP contribution < -0.4 is 10.6 Å². The predicted octanol–water partition coefficient (Wildman–Crippen LogP) is 5.62. The number of hydrogen-bond acceptors (Lipinski definition) is 3. The van der Waals surface area contributed by atoms with Crippen LogP contribution in [0.1, 0.15) is 85.1 Å². The normalized spacial score (nSPS) is 40.8. The summed E-state index contributed by atoms with van der Waals surface area (Å²) < 4.78 is 0. The molecule has 0 spiro atoms. The lowest BCUT2D eigenvalue weighted by molar-refractivity contribution is -0.150. The van der Waals surface area contributed by atoms with Gasteiger partial charge in [-0.25, -0.2) is 0 Å². The van der Waals surface area contributed by atoms with Gasteiger partial charge in [0.25, 0.3) is 0 Å². The SMILES string of the molecule is C=C1CC[C@H]2C(C)(C)CCC[C@]2(C)[C@H]1C[C@@]12C[C@H]3C(=O)N[C@@H](C(C)C)C(=O)N3[C@@H]1Nc1ccccc12. The molecule has 0 unspecified atom stereocenters. The Labute approximate surface area is 216 Å². The molecule has 1 aromatic carbocycles. The third-order valence-electron chi connectivity index (χ3n) is 11.1. The second-order valence-electron chi connectivity index (χ2n) is 13.8. The molecule has 4 fully saturated rings. The third-order valence-corrected chi connectivity index (χ3v) is 11.1. The van der Waals surface area contributed by atoms with Gasteiger partial charge in [0, 0.05) is 11.1 Å². The van der Waals surface area contributed by atoms with E-state index in [1.807, 2.05) is 18.7 Å². The molecule has 3 aliphatic heterocycles. The van der Waals surface area contributed by atoms with Crippen molar-refractivity contribution in [1.29, 1.82) is 0 Å². The summed E-state index contributed by atoms with van der Waals surface area (Å²) in [5.41, 5.74) is 4.02. The van der Waals surface area contributed by atoms with Crippen molar-refractivity contribution in [2.24, 2.45) is 28.6 Å². The summed E-state index contributed by atoms with van der Waals surface area (Å²) in [6.07, 6.45) is 7.56. The van der Waals surface area contributed by atoms with E-state index in [0.29, 0.717) is 23.7 Å². The van der Waals surface area contributed by atoms with Crippen LogP contribution in [-0.2, 0) is 15.0 Å². The first-order valence-electron chi connectivity index (χ1n) is 14.2. The molecule has 0 aromatic heterocycles. The van der Waals surface area contributed by atoms with E-state index in [2.05, 4.69) is 62.2 Å². The van der Waals surface area contributed by atoms with E-state index < -0.39 is 12.1 Å². The quantitative estimate of drug-likeness (QED) is 0.542. The van der Waals surface area contributed by atoms with Crippen molar-refractivity contribution in [2.45, 2.75) is 103 Å². The number of piperazine rings is 1. The minimum Gasteiger partial charge on any atom is -0.364 e. The second-order valence-corrected chi connectivity index (χ2v) is 13.8. The zero-order valence-electron chi connectivity index (χ0n) is 22.7. The van der Waals surface area contributed by atoms with Gasteiger partial charge >= 0.3 is 0 Å². The Balaban J connectivity index is 1.45. The van der Waals surface area contributed by atoms with Gasteiger partial charge in [0.05, 0.1) is 0 Å². The average molecular weight is 490 g/mol. The van der Waals surface area contributed by atoms with Crippen molar-refractivity contribution in [2.75, 3.05) is 5.32 Å². The Morgan fingerprint density at radius 1 is 1.11 bits per heavy atom. The molecule has 5 aliphatic rings. The smallest absolute Gasteiger partial charge is 0.247 e. The number of hydrogen-bond donors (Lipinski definition) is 2. The molecular formula is C31H43N3O2. The molecular weight excluding hydrogens is 446 g/mol. The summed E-state index contributed by atoms with van der Waals surface area (Å²) in [6, 6.07) is 7.69. The summed E-state index contributed by atoms with van der Waals surface area (Å²) in [4.78, 5) is 29.2. The van der Waals surface area contributed by atoms with Crippen LogP contribution in [0.25, 0.3) is 0 Å². The summed E-state index contributed by atoms with van der Waals surface area (Å²) in [5, 5.41) is 6.82. The fraction of sp³-hybridized carbons (Fsp3) is 0.677. The molecule has 36 heavy (non-hydrogen) atoms. The van der Waals surface area contributed by atoms with Crippen LogP contribution in [-0.4, -0.2) is 35.0 Å². The van der Waals surface area contributed by atoms with Crippen LogP contribution in [0.2, 0.25) is 0 Å². The molecule has 3 heterocycles. The van der Waals surface area contributed by atoms with Crippen LogP contribution in [0.5, 0.6) is 0 Å². The third kappa shape index (κ3) is 3.13. The standard InChI is InChI=1S/C31H43N3O2/c1-18(2)25-27(36)34-23(26(35)33-25)17-31(20-10-7-8-11-22(20)32-28(31)34)16-21-19(3)12-13-24-29(4,5)14-9-15-30(21,24)6/h7-8,10-11,18,21,23-25,28,32H,3,9,12-17H2,1-2,4-6H3,(H,33,35)/t21-,23-,24-,25-,28-,30+,31-/m0/s1. The maximum absolute atomic E-state index is 13.8. The molecule has 2 N–H and O–H groups in total. The summed E-state index contributed by atoms with van der Waals surface area (Å²) in [5.74, 6) is 1.18. The summed E-state index contributed by atoms with van der Waals surface area (Å²) >= 11 is 0. The van der Waals surface area contributed by atoms with E-state index in [9.17, 15) is 9.59 Å².